The van der Waals surface area contributed by atoms with E-state index in [4.69, 9.17) is 4.74 Å². The molecule has 2 N–H and O–H groups in total. The van der Waals surface area contributed by atoms with E-state index in [1.54, 1.807) is 0 Å². The van der Waals surface area contributed by atoms with Gasteiger partial charge in [-0.15, -0.1) is 0 Å². The first-order valence-corrected chi connectivity index (χ1v) is 7.51. The maximum atomic E-state index is 11.9. The van der Waals surface area contributed by atoms with E-state index in [9.17, 15) is 4.79 Å². The Morgan fingerprint density at radius 2 is 2.25 bits per heavy atom. The maximum Gasteiger partial charge on any atom is 0.315 e. The predicted molar refractivity (Wildman–Crippen MR) is 79.8 cm³/mol. The van der Waals surface area contributed by atoms with Crippen molar-refractivity contribution in [3.05, 3.63) is 35.4 Å². The summed E-state index contributed by atoms with van der Waals surface area (Å²) in [7, 11) is 0. The normalized spacial score (nSPS) is 17.4. The molecule has 0 aliphatic heterocycles. The van der Waals surface area contributed by atoms with Crippen LogP contribution in [0.25, 0.3) is 0 Å². The predicted octanol–water partition coefficient (Wildman–Crippen LogP) is 2.79. The minimum Gasteiger partial charge on any atom is -0.382 e. The second kappa shape index (κ2) is 7.90. The molecule has 2 amide bonds. The summed E-state index contributed by atoms with van der Waals surface area (Å²) in [4.78, 5) is 11.9. The largest absolute Gasteiger partial charge is 0.382 e. The summed E-state index contributed by atoms with van der Waals surface area (Å²) in [5.74, 6) is 0. The lowest BCUT2D eigenvalue weighted by molar-refractivity contribution is 0.145. The molecule has 0 unspecified atom stereocenters. The fourth-order valence-electron chi connectivity index (χ4n) is 2.63. The number of fused-ring (bicyclic) bond motifs is 1. The quantitative estimate of drug-likeness (QED) is 0.785. The van der Waals surface area contributed by atoms with Gasteiger partial charge in [-0.2, -0.15) is 0 Å². The monoisotopic (exact) mass is 276 g/mol. The Labute approximate surface area is 120 Å². The number of rotatable bonds is 6. The zero-order valence-corrected chi connectivity index (χ0v) is 12.2. The van der Waals surface area contributed by atoms with Crippen LogP contribution >= 0.6 is 0 Å². The molecule has 1 aliphatic rings. The van der Waals surface area contributed by atoms with Gasteiger partial charge in [-0.25, -0.2) is 4.79 Å². The standard InChI is InChI=1S/C16H24N2O2/c1-2-20-12-6-11-17-16(19)18-15-10-5-8-13-7-3-4-9-14(13)15/h3-4,7,9,15H,2,5-6,8,10-12H2,1H3,(H2,17,18,19)/t15-/m1/s1. The SMILES string of the molecule is CCOCCCNC(=O)N[C@@H]1CCCc2ccccc21. The third-order valence-electron chi connectivity index (χ3n) is 3.63. The number of hydrogen-bond acceptors (Lipinski definition) is 2. The number of ether oxygens (including phenoxy) is 1. The topological polar surface area (TPSA) is 50.4 Å². The minimum absolute atomic E-state index is 0.0804. The van der Waals surface area contributed by atoms with Crippen LogP contribution in [0.4, 0.5) is 4.79 Å². The third kappa shape index (κ3) is 4.23. The summed E-state index contributed by atoms with van der Waals surface area (Å²) in [6.45, 7) is 4.05. The zero-order chi connectivity index (χ0) is 14.2. The highest BCUT2D eigenvalue weighted by atomic mass is 16.5. The number of benzene rings is 1. The average molecular weight is 276 g/mol. The van der Waals surface area contributed by atoms with Crippen molar-refractivity contribution in [2.45, 2.75) is 38.6 Å². The number of amides is 2. The van der Waals surface area contributed by atoms with Crippen molar-refractivity contribution in [1.29, 1.82) is 0 Å². The first-order chi connectivity index (χ1) is 9.81. The Hall–Kier alpha value is -1.55. The molecular formula is C16H24N2O2. The number of urea groups is 1. The molecule has 0 bridgehead atoms. The van der Waals surface area contributed by atoms with Gasteiger partial charge in [0.2, 0.25) is 0 Å². The van der Waals surface area contributed by atoms with Crippen LogP contribution in [0.2, 0.25) is 0 Å². The molecule has 1 aromatic rings. The molecular weight excluding hydrogens is 252 g/mol. The molecule has 4 nitrogen and oxygen atoms in total. The van der Waals surface area contributed by atoms with Gasteiger partial charge in [0.25, 0.3) is 0 Å². The van der Waals surface area contributed by atoms with Crippen molar-refractivity contribution < 1.29 is 9.53 Å². The van der Waals surface area contributed by atoms with Crippen molar-refractivity contribution in [3.63, 3.8) is 0 Å². The highest BCUT2D eigenvalue weighted by molar-refractivity contribution is 5.74. The number of carbonyl (C=O) groups is 1. The molecule has 1 atom stereocenters. The van der Waals surface area contributed by atoms with Gasteiger partial charge in [-0.3, -0.25) is 0 Å². The highest BCUT2D eigenvalue weighted by Gasteiger charge is 2.20. The van der Waals surface area contributed by atoms with Gasteiger partial charge in [0, 0.05) is 19.8 Å². The molecule has 0 aromatic heterocycles. The lowest BCUT2D eigenvalue weighted by Gasteiger charge is -2.26. The van der Waals surface area contributed by atoms with Gasteiger partial charge < -0.3 is 15.4 Å². The van der Waals surface area contributed by atoms with Crippen LogP contribution in [0, 0.1) is 0 Å². The van der Waals surface area contributed by atoms with Crippen LogP contribution in [0.15, 0.2) is 24.3 Å². The van der Waals surface area contributed by atoms with Crippen molar-refractivity contribution in [3.8, 4) is 0 Å². The van der Waals surface area contributed by atoms with E-state index < -0.39 is 0 Å². The second-order valence-electron chi connectivity index (χ2n) is 5.09. The van der Waals surface area contributed by atoms with Gasteiger partial charge in [-0.1, -0.05) is 24.3 Å². The van der Waals surface area contributed by atoms with Crippen molar-refractivity contribution in [1.82, 2.24) is 10.6 Å². The summed E-state index contributed by atoms with van der Waals surface area (Å²) in [5.41, 5.74) is 2.63. The van der Waals surface area contributed by atoms with Gasteiger partial charge >= 0.3 is 6.03 Å². The van der Waals surface area contributed by atoms with E-state index in [-0.39, 0.29) is 12.1 Å². The summed E-state index contributed by atoms with van der Waals surface area (Å²) in [5, 5.41) is 5.96. The molecule has 1 aliphatic carbocycles. The smallest absolute Gasteiger partial charge is 0.315 e. The van der Waals surface area contributed by atoms with Crippen molar-refractivity contribution in [2.75, 3.05) is 19.8 Å². The minimum atomic E-state index is -0.0804. The van der Waals surface area contributed by atoms with Crippen LogP contribution in [0.5, 0.6) is 0 Å². The number of hydrogen-bond donors (Lipinski definition) is 2. The first kappa shape index (κ1) is 14.9. The first-order valence-electron chi connectivity index (χ1n) is 7.51. The second-order valence-corrected chi connectivity index (χ2v) is 5.09. The molecule has 110 valence electrons. The van der Waals surface area contributed by atoms with Crippen LogP contribution in [0.3, 0.4) is 0 Å². The van der Waals surface area contributed by atoms with Crippen LogP contribution in [-0.4, -0.2) is 25.8 Å². The molecule has 0 radical (unpaired) electrons. The lowest BCUT2D eigenvalue weighted by atomic mass is 9.88. The van der Waals surface area contributed by atoms with E-state index in [1.807, 2.05) is 13.0 Å². The Balaban J connectivity index is 1.78. The molecule has 0 spiro atoms. The molecule has 0 fully saturated rings. The van der Waals surface area contributed by atoms with Gasteiger partial charge in [0.05, 0.1) is 6.04 Å². The fraction of sp³-hybridized carbons (Fsp3) is 0.562. The molecule has 20 heavy (non-hydrogen) atoms. The Kier molecular flexibility index (Phi) is 5.87. The van der Waals surface area contributed by atoms with E-state index in [1.165, 1.54) is 11.1 Å². The Morgan fingerprint density at radius 1 is 1.40 bits per heavy atom. The Bertz CT molecular complexity index is 434. The van der Waals surface area contributed by atoms with E-state index in [2.05, 4.69) is 28.8 Å². The number of nitrogens with one attached hydrogen (secondary N) is 2. The maximum absolute atomic E-state index is 11.9. The molecule has 1 aromatic carbocycles. The summed E-state index contributed by atoms with van der Waals surface area (Å²) in [6, 6.07) is 8.45. The van der Waals surface area contributed by atoms with Gasteiger partial charge in [-0.05, 0) is 43.7 Å². The molecule has 4 heteroatoms. The number of aryl methyl sites for hydroxylation is 1. The number of carbonyl (C=O) groups excluding carboxylic acids is 1. The van der Waals surface area contributed by atoms with E-state index in [0.717, 1.165) is 32.3 Å². The molecule has 0 saturated heterocycles. The van der Waals surface area contributed by atoms with Crippen LogP contribution < -0.4 is 10.6 Å². The van der Waals surface area contributed by atoms with Crippen LogP contribution in [-0.2, 0) is 11.2 Å². The van der Waals surface area contributed by atoms with Crippen molar-refractivity contribution >= 4 is 6.03 Å². The third-order valence-corrected chi connectivity index (χ3v) is 3.63. The molecule has 0 saturated carbocycles. The van der Waals surface area contributed by atoms with Crippen LogP contribution in [0.1, 0.15) is 43.4 Å². The molecule has 0 heterocycles. The summed E-state index contributed by atoms with van der Waals surface area (Å²) < 4.78 is 5.24. The Morgan fingerprint density at radius 3 is 3.10 bits per heavy atom. The van der Waals surface area contributed by atoms with Gasteiger partial charge in [0.15, 0.2) is 0 Å². The molecule has 2 rings (SSSR count). The lowest BCUT2D eigenvalue weighted by Crippen LogP contribution is -2.39. The zero-order valence-electron chi connectivity index (χ0n) is 12.2. The highest BCUT2D eigenvalue weighted by Crippen LogP contribution is 2.29. The summed E-state index contributed by atoms with van der Waals surface area (Å²) >= 11 is 0. The van der Waals surface area contributed by atoms with Gasteiger partial charge in [0.1, 0.15) is 0 Å². The average Bonchev–Trinajstić information content (AvgIpc) is 2.47. The van der Waals surface area contributed by atoms with E-state index in [0.29, 0.717) is 13.2 Å². The summed E-state index contributed by atoms with van der Waals surface area (Å²) in [6.07, 6.45) is 4.11. The van der Waals surface area contributed by atoms with Crippen molar-refractivity contribution in [2.24, 2.45) is 0 Å². The van der Waals surface area contributed by atoms with E-state index >= 15 is 0 Å². The fourth-order valence-corrected chi connectivity index (χ4v) is 2.63.